The summed E-state index contributed by atoms with van der Waals surface area (Å²) in [6, 6.07) is 6.57. The molecule has 1 aromatic heterocycles. The van der Waals surface area contributed by atoms with Crippen molar-refractivity contribution in [3.8, 4) is 0 Å². The maximum atomic E-state index is 13.3. The van der Waals surface area contributed by atoms with Gasteiger partial charge in [-0.15, -0.1) is 11.3 Å². The van der Waals surface area contributed by atoms with Crippen LogP contribution in [0.1, 0.15) is 4.88 Å². The molecule has 1 aromatic carbocycles. The number of anilines is 1. The number of hydrogen-bond acceptors (Lipinski definition) is 2. The van der Waals surface area contributed by atoms with Crippen molar-refractivity contribution in [3.63, 3.8) is 0 Å². The largest absolute Gasteiger partial charge is 0.323 e. The molecule has 0 aliphatic carbocycles. The first-order chi connectivity index (χ1) is 8.54. The summed E-state index contributed by atoms with van der Waals surface area (Å²) in [5, 5.41) is 2.35. The molecule has 0 saturated heterocycles. The Kier molecular flexibility index (Phi) is 4.08. The van der Waals surface area contributed by atoms with Gasteiger partial charge in [0.15, 0.2) is 0 Å². The number of carbonyl (C=O) groups is 1. The van der Waals surface area contributed by atoms with E-state index in [0.717, 1.165) is 26.9 Å². The van der Waals surface area contributed by atoms with Gasteiger partial charge in [0.2, 0.25) is 5.91 Å². The summed E-state index contributed by atoms with van der Waals surface area (Å²) in [5.74, 6) is -1.63. The van der Waals surface area contributed by atoms with Crippen LogP contribution in [0.2, 0.25) is 0 Å². The fourth-order valence-corrected chi connectivity index (χ4v) is 2.87. The zero-order valence-electron chi connectivity index (χ0n) is 9.04. The lowest BCUT2D eigenvalue weighted by molar-refractivity contribution is -0.115. The smallest absolute Gasteiger partial charge is 0.229 e. The molecule has 2 nitrogen and oxygen atoms in total. The molecule has 6 heteroatoms. The van der Waals surface area contributed by atoms with E-state index in [4.69, 9.17) is 0 Å². The molecule has 2 rings (SSSR count). The van der Waals surface area contributed by atoms with Crippen molar-refractivity contribution in [1.29, 1.82) is 0 Å². The molecular formula is C12H8BrF2NOS. The topological polar surface area (TPSA) is 29.1 Å². The Balaban J connectivity index is 2.05. The van der Waals surface area contributed by atoms with Crippen molar-refractivity contribution in [2.75, 3.05) is 5.32 Å². The van der Waals surface area contributed by atoms with Crippen LogP contribution >= 0.6 is 27.3 Å². The van der Waals surface area contributed by atoms with Crippen LogP contribution in [0, 0.1) is 11.6 Å². The van der Waals surface area contributed by atoms with Crippen molar-refractivity contribution < 1.29 is 13.6 Å². The van der Waals surface area contributed by atoms with E-state index >= 15 is 0 Å². The van der Waals surface area contributed by atoms with Crippen LogP contribution in [-0.2, 0) is 11.2 Å². The molecule has 0 unspecified atom stereocenters. The van der Waals surface area contributed by atoms with Gasteiger partial charge in [0.25, 0.3) is 0 Å². The van der Waals surface area contributed by atoms with Gasteiger partial charge in [-0.2, -0.15) is 0 Å². The minimum atomic E-state index is -0.655. The minimum absolute atomic E-state index is 0.131. The van der Waals surface area contributed by atoms with Crippen molar-refractivity contribution >= 4 is 38.9 Å². The molecule has 1 heterocycles. The predicted octanol–water partition coefficient (Wildman–Crippen LogP) is 3.97. The molecule has 0 radical (unpaired) electrons. The van der Waals surface area contributed by atoms with Crippen molar-refractivity contribution in [2.24, 2.45) is 0 Å². The molecule has 1 N–H and O–H groups in total. The van der Waals surface area contributed by atoms with E-state index in [9.17, 15) is 13.6 Å². The van der Waals surface area contributed by atoms with Crippen LogP contribution in [0.3, 0.4) is 0 Å². The van der Waals surface area contributed by atoms with E-state index in [1.165, 1.54) is 11.3 Å². The highest BCUT2D eigenvalue weighted by atomic mass is 79.9. The predicted molar refractivity (Wildman–Crippen MR) is 70.7 cm³/mol. The number of hydrogen-bond donors (Lipinski definition) is 1. The zero-order valence-corrected chi connectivity index (χ0v) is 11.4. The van der Waals surface area contributed by atoms with Crippen LogP contribution in [0.4, 0.5) is 14.5 Å². The SMILES string of the molecule is O=C(Cc1ccc(Br)s1)Nc1cc(F)ccc1F. The maximum Gasteiger partial charge on any atom is 0.229 e. The van der Waals surface area contributed by atoms with E-state index in [2.05, 4.69) is 21.2 Å². The zero-order chi connectivity index (χ0) is 13.1. The van der Waals surface area contributed by atoms with Crippen LogP contribution in [0.5, 0.6) is 0 Å². The Morgan fingerprint density at radius 2 is 2.06 bits per heavy atom. The van der Waals surface area contributed by atoms with Gasteiger partial charge in [0, 0.05) is 10.9 Å². The number of nitrogens with one attached hydrogen (secondary N) is 1. The Morgan fingerprint density at radius 1 is 1.28 bits per heavy atom. The average Bonchev–Trinajstić information content (AvgIpc) is 2.69. The summed E-state index contributed by atoms with van der Waals surface area (Å²) in [6.07, 6.45) is 0.131. The lowest BCUT2D eigenvalue weighted by atomic mass is 10.2. The number of carbonyl (C=O) groups excluding carboxylic acids is 1. The normalized spacial score (nSPS) is 10.4. The highest BCUT2D eigenvalue weighted by Gasteiger charge is 2.10. The van der Waals surface area contributed by atoms with Gasteiger partial charge in [-0.05, 0) is 40.2 Å². The second-order valence-corrected chi connectivity index (χ2v) is 6.10. The number of halogens is 3. The van der Waals surface area contributed by atoms with Gasteiger partial charge >= 0.3 is 0 Å². The molecule has 0 bridgehead atoms. The maximum absolute atomic E-state index is 13.3. The molecule has 0 aliphatic heterocycles. The quantitative estimate of drug-likeness (QED) is 0.905. The Labute approximate surface area is 115 Å². The van der Waals surface area contributed by atoms with E-state index in [-0.39, 0.29) is 18.0 Å². The van der Waals surface area contributed by atoms with E-state index in [1.807, 2.05) is 6.07 Å². The summed E-state index contributed by atoms with van der Waals surface area (Å²) < 4.78 is 27.1. The third-order valence-corrected chi connectivity index (χ3v) is 3.79. The second kappa shape index (κ2) is 5.58. The van der Waals surface area contributed by atoms with Gasteiger partial charge in [-0.3, -0.25) is 4.79 Å². The summed E-state index contributed by atoms with van der Waals surface area (Å²) in [4.78, 5) is 12.5. The van der Waals surface area contributed by atoms with Crippen LogP contribution in [0.25, 0.3) is 0 Å². The minimum Gasteiger partial charge on any atom is -0.323 e. The molecule has 0 atom stereocenters. The molecule has 2 aromatic rings. The first-order valence-electron chi connectivity index (χ1n) is 5.04. The molecule has 0 spiro atoms. The number of amides is 1. The molecular weight excluding hydrogens is 324 g/mol. The van der Waals surface area contributed by atoms with Gasteiger partial charge in [-0.1, -0.05) is 0 Å². The van der Waals surface area contributed by atoms with Gasteiger partial charge < -0.3 is 5.32 Å². The molecule has 0 saturated carbocycles. The second-order valence-electron chi connectivity index (χ2n) is 3.55. The monoisotopic (exact) mass is 331 g/mol. The van der Waals surface area contributed by atoms with Crippen LogP contribution < -0.4 is 5.32 Å². The first-order valence-corrected chi connectivity index (χ1v) is 6.64. The number of rotatable bonds is 3. The fourth-order valence-electron chi connectivity index (χ4n) is 1.39. The van der Waals surface area contributed by atoms with Crippen molar-refractivity contribution in [3.05, 3.63) is 50.6 Å². The van der Waals surface area contributed by atoms with E-state index in [1.54, 1.807) is 6.07 Å². The molecule has 18 heavy (non-hydrogen) atoms. The van der Waals surface area contributed by atoms with Crippen LogP contribution in [-0.4, -0.2) is 5.91 Å². The standard InChI is InChI=1S/C12H8BrF2NOS/c13-11-4-2-8(18-11)6-12(17)16-10-5-7(14)1-3-9(10)15/h1-5H,6H2,(H,16,17). The Hall–Kier alpha value is -1.27. The Bertz CT molecular complexity index is 585. The average molecular weight is 332 g/mol. The highest BCUT2D eigenvalue weighted by molar-refractivity contribution is 9.11. The molecule has 1 amide bonds. The van der Waals surface area contributed by atoms with Gasteiger partial charge in [-0.25, -0.2) is 8.78 Å². The van der Waals surface area contributed by atoms with Crippen molar-refractivity contribution in [2.45, 2.75) is 6.42 Å². The summed E-state index contributed by atoms with van der Waals surface area (Å²) in [6.45, 7) is 0. The van der Waals surface area contributed by atoms with E-state index in [0.29, 0.717) is 0 Å². The van der Waals surface area contributed by atoms with Crippen LogP contribution in [0.15, 0.2) is 34.1 Å². The third-order valence-electron chi connectivity index (χ3n) is 2.17. The lowest BCUT2D eigenvalue weighted by Crippen LogP contribution is -2.14. The molecule has 0 fully saturated rings. The van der Waals surface area contributed by atoms with Crippen molar-refractivity contribution in [1.82, 2.24) is 0 Å². The van der Waals surface area contributed by atoms with E-state index < -0.39 is 11.6 Å². The first kappa shape index (κ1) is 13.2. The molecule has 0 aliphatic rings. The van der Waals surface area contributed by atoms with Gasteiger partial charge in [0.1, 0.15) is 11.6 Å². The number of benzene rings is 1. The fraction of sp³-hybridized carbons (Fsp3) is 0.0833. The highest BCUT2D eigenvalue weighted by Crippen LogP contribution is 2.23. The third kappa shape index (κ3) is 3.36. The number of thiophene rings is 1. The summed E-state index contributed by atoms with van der Waals surface area (Å²) >= 11 is 4.71. The molecule has 94 valence electrons. The summed E-state index contributed by atoms with van der Waals surface area (Å²) in [7, 11) is 0. The van der Waals surface area contributed by atoms with Gasteiger partial charge in [0.05, 0.1) is 15.9 Å². The summed E-state index contributed by atoms with van der Waals surface area (Å²) in [5.41, 5.74) is -0.143. The lowest BCUT2D eigenvalue weighted by Gasteiger charge is -2.05. The Morgan fingerprint density at radius 3 is 2.72 bits per heavy atom.